The van der Waals surface area contributed by atoms with Crippen LogP contribution in [0.15, 0.2) is 18.2 Å². The van der Waals surface area contributed by atoms with E-state index in [1.807, 2.05) is 7.05 Å². The first-order valence-corrected chi connectivity index (χ1v) is 7.26. The zero-order chi connectivity index (χ0) is 13.8. The van der Waals surface area contributed by atoms with Crippen molar-refractivity contribution in [1.82, 2.24) is 5.32 Å². The molecular formula is C16H26N2O. The number of nitrogens with zero attached hydrogens (tertiary/aromatic N) is 1. The fourth-order valence-electron chi connectivity index (χ4n) is 2.82. The van der Waals surface area contributed by atoms with E-state index in [0.29, 0.717) is 6.04 Å². The summed E-state index contributed by atoms with van der Waals surface area (Å²) in [5.74, 6) is 1.84. The van der Waals surface area contributed by atoms with E-state index in [2.05, 4.69) is 42.3 Å². The topological polar surface area (TPSA) is 24.5 Å². The van der Waals surface area contributed by atoms with Crippen LogP contribution in [0.3, 0.4) is 0 Å². The van der Waals surface area contributed by atoms with Gasteiger partial charge in [0, 0.05) is 30.4 Å². The van der Waals surface area contributed by atoms with Crippen LogP contribution in [-0.4, -0.2) is 27.2 Å². The van der Waals surface area contributed by atoms with Crippen molar-refractivity contribution in [2.24, 2.45) is 5.92 Å². The second kappa shape index (κ2) is 6.29. The molecule has 1 aliphatic rings. The molecule has 1 N–H and O–H groups in total. The van der Waals surface area contributed by atoms with Crippen molar-refractivity contribution in [3.8, 4) is 5.75 Å². The molecule has 1 unspecified atom stereocenters. The molecule has 0 saturated carbocycles. The first-order chi connectivity index (χ1) is 9.17. The number of rotatable bonds is 4. The van der Waals surface area contributed by atoms with Crippen LogP contribution in [0.2, 0.25) is 0 Å². The summed E-state index contributed by atoms with van der Waals surface area (Å²) in [6.07, 6.45) is 2.56. The maximum Gasteiger partial charge on any atom is 0.125 e. The molecule has 1 heterocycles. The molecule has 0 bridgehead atoms. The van der Waals surface area contributed by atoms with Crippen LogP contribution in [-0.2, 0) is 0 Å². The Morgan fingerprint density at radius 2 is 2.00 bits per heavy atom. The van der Waals surface area contributed by atoms with Gasteiger partial charge in [-0.3, -0.25) is 0 Å². The number of ether oxygens (including phenoxy) is 1. The van der Waals surface area contributed by atoms with Crippen LogP contribution >= 0.6 is 0 Å². The van der Waals surface area contributed by atoms with Gasteiger partial charge in [-0.05, 0) is 44.9 Å². The summed E-state index contributed by atoms with van der Waals surface area (Å²) in [5, 5.41) is 3.34. The van der Waals surface area contributed by atoms with Gasteiger partial charge in [0.1, 0.15) is 5.75 Å². The summed E-state index contributed by atoms with van der Waals surface area (Å²) >= 11 is 0. The highest BCUT2D eigenvalue weighted by Crippen LogP contribution is 2.36. The predicted molar refractivity (Wildman–Crippen MR) is 81.1 cm³/mol. The molecule has 0 radical (unpaired) electrons. The van der Waals surface area contributed by atoms with Gasteiger partial charge < -0.3 is 15.0 Å². The first-order valence-electron chi connectivity index (χ1n) is 7.26. The molecule has 1 atom stereocenters. The molecule has 3 heteroatoms. The maximum absolute atomic E-state index is 5.55. The Hall–Kier alpha value is -1.22. The SMILES string of the molecule is CNC(C)c1c(OC)cccc1N1CCC(C)CC1. The molecule has 1 aromatic carbocycles. The van der Waals surface area contributed by atoms with Crippen molar-refractivity contribution in [2.45, 2.75) is 32.7 Å². The highest BCUT2D eigenvalue weighted by atomic mass is 16.5. The van der Waals surface area contributed by atoms with E-state index in [4.69, 9.17) is 4.74 Å². The van der Waals surface area contributed by atoms with Gasteiger partial charge in [-0.1, -0.05) is 13.0 Å². The summed E-state index contributed by atoms with van der Waals surface area (Å²) in [5.41, 5.74) is 2.61. The Morgan fingerprint density at radius 3 is 2.58 bits per heavy atom. The average Bonchev–Trinajstić information content (AvgIpc) is 2.46. The molecule has 0 aliphatic carbocycles. The highest BCUT2D eigenvalue weighted by Gasteiger charge is 2.22. The van der Waals surface area contributed by atoms with Crippen molar-refractivity contribution in [1.29, 1.82) is 0 Å². The molecule has 1 saturated heterocycles. The van der Waals surface area contributed by atoms with Gasteiger partial charge in [0.15, 0.2) is 0 Å². The molecule has 19 heavy (non-hydrogen) atoms. The first kappa shape index (κ1) is 14.2. The molecule has 0 aromatic heterocycles. The van der Waals surface area contributed by atoms with Crippen molar-refractivity contribution >= 4 is 5.69 Å². The number of hydrogen-bond acceptors (Lipinski definition) is 3. The minimum Gasteiger partial charge on any atom is -0.496 e. The fourth-order valence-corrected chi connectivity index (χ4v) is 2.82. The third-order valence-electron chi connectivity index (χ3n) is 4.25. The quantitative estimate of drug-likeness (QED) is 0.901. The predicted octanol–water partition coefficient (Wildman–Crippen LogP) is 3.21. The van der Waals surface area contributed by atoms with Crippen LogP contribution in [0.1, 0.15) is 38.3 Å². The van der Waals surface area contributed by atoms with Crippen molar-refractivity contribution in [3.63, 3.8) is 0 Å². The van der Waals surface area contributed by atoms with Crippen LogP contribution in [0.5, 0.6) is 5.75 Å². The largest absolute Gasteiger partial charge is 0.496 e. The van der Waals surface area contributed by atoms with E-state index in [1.165, 1.54) is 24.1 Å². The summed E-state index contributed by atoms with van der Waals surface area (Å²) in [6, 6.07) is 6.67. The number of hydrogen-bond donors (Lipinski definition) is 1. The monoisotopic (exact) mass is 262 g/mol. The zero-order valence-electron chi connectivity index (χ0n) is 12.6. The summed E-state index contributed by atoms with van der Waals surface area (Å²) < 4.78 is 5.55. The van der Waals surface area contributed by atoms with E-state index < -0.39 is 0 Å². The van der Waals surface area contributed by atoms with Gasteiger partial charge >= 0.3 is 0 Å². The third kappa shape index (κ3) is 3.03. The minimum absolute atomic E-state index is 0.297. The Labute approximate surface area is 116 Å². The zero-order valence-corrected chi connectivity index (χ0v) is 12.6. The number of nitrogens with one attached hydrogen (secondary N) is 1. The third-order valence-corrected chi connectivity index (χ3v) is 4.25. The van der Waals surface area contributed by atoms with Crippen molar-refractivity contribution in [3.05, 3.63) is 23.8 Å². The van der Waals surface area contributed by atoms with E-state index in [0.717, 1.165) is 24.8 Å². The molecule has 1 fully saturated rings. The molecular weight excluding hydrogens is 236 g/mol. The second-order valence-electron chi connectivity index (χ2n) is 5.57. The normalized spacial score (nSPS) is 18.4. The Kier molecular flexibility index (Phi) is 4.70. The molecule has 0 spiro atoms. The maximum atomic E-state index is 5.55. The fraction of sp³-hybridized carbons (Fsp3) is 0.625. The van der Waals surface area contributed by atoms with Crippen molar-refractivity contribution in [2.75, 3.05) is 32.1 Å². The summed E-state index contributed by atoms with van der Waals surface area (Å²) in [6.45, 7) is 6.84. The molecule has 1 aromatic rings. The number of methoxy groups -OCH3 is 1. The smallest absolute Gasteiger partial charge is 0.125 e. The molecule has 0 amide bonds. The molecule has 3 nitrogen and oxygen atoms in total. The van der Waals surface area contributed by atoms with Gasteiger partial charge in [-0.15, -0.1) is 0 Å². The van der Waals surface area contributed by atoms with Crippen LogP contribution in [0, 0.1) is 5.92 Å². The highest BCUT2D eigenvalue weighted by molar-refractivity contribution is 5.61. The van der Waals surface area contributed by atoms with Crippen LogP contribution in [0.25, 0.3) is 0 Å². The minimum atomic E-state index is 0.297. The van der Waals surface area contributed by atoms with Crippen molar-refractivity contribution < 1.29 is 4.74 Å². The lowest BCUT2D eigenvalue weighted by Crippen LogP contribution is -2.34. The lowest BCUT2D eigenvalue weighted by atomic mass is 9.96. The van der Waals surface area contributed by atoms with Gasteiger partial charge in [0.05, 0.1) is 7.11 Å². The summed E-state index contributed by atoms with van der Waals surface area (Å²) in [4.78, 5) is 2.51. The van der Waals surface area contributed by atoms with Gasteiger partial charge in [0.2, 0.25) is 0 Å². The summed E-state index contributed by atoms with van der Waals surface area (Å²) in [7, 11) is 3.75. The Bertz CT molecular complexity index is 411. The van der Waals surface area contributed by atoms with E-state index >= 15 is 0 Å². The molecule has 106 valence electrons. The lowest BCUT2D eigenvalue weighted by Gasteiger charge is -2.35. The van der Waals surface area contributed by atoms with Crippen LogP contribution in [0.4, 0.5) is 5.69 Å². The van der Waals surface area contributed by atoms with E-state index in [9.17, 15) is 0 Å². The molecule has 1 aliphatic heterocycles. The van der Waals surface area contributed by atoms with Crippen LogP contribution < -0.4 is 15.0 Å². The number of anilines is 1. The van der Waals surface area contributed by atoms with Gasteiger partial charge in [0.25, 0.3) is 0 Å². The number of piperidine rings is 1. The average molecular weight is 262 g/mol. The van der Waals surface area contributed by atoms with Gasteiger partial charge in [-0.25, -0.2) is 0 Å². The Morgan fingerprint density at radius 1 is 1.32 bits per heavy atom. The van der Waals surface area contributed by atoms with E-state index in [1.54, 1.807) is 7.11 Å². The standard InChI is InChI=1S/C16H26N2O/c1-12-8-10-18(11-9-12)14-6-5-7-15(19-4)16(14)13(2)17-3/h5-7,12-13,17H,8-11H2,1-4H3. The van der Waals surface area contributed by atoms with Gasteiger partial charge in [-0.2, -0.15) is 0 Å². The lowest BCUT2D eigenvalue weighted by molar-refractivity contribution is 0.401. The second-order valence-corrected chi connectivity index (χ2v) is 5.57. The number of benzene rings is 1. The molecule has 2 rings (SSSR count). The Balaban J connectivity index is 2.33. The van der Waals surface area contributed by atoms with E-state index in [-0.39, 0.29) is 0 Å².